The van der Waals surface area contributed by atoms with Crippen LogP contribution < -0.4 is 10.5 Å². The molecule has 3 N–H and O–H groups in total. The van der Waals surface area contributed by atoms with E-state index in [4.69, 9.17) is 10.5 Å². The fraction of sp³-hybridized carbons (Fsp3) is 0.400. The van der Waals surface area contributed by atoms with Gasteiger partial charge in [0.25, 0.3) is 0 Å². The standard InChI is InChI=1S/C10H14BrNO2/c1-6(5-12)7-3-8(11)10(14-2)4-9(7)13/h3-4,6,13H,5,12H2,1-2H3. The molecule has 0 aromatic heterocycles. The van der Waals surface area contributed by atoms with Gasteiger partial charge < -0.3 is 15.6 Å². The number of aromatic hydroxyl groups is 1. The van der Waals surface area contributed by atoms with Crippen LogP contribution in [0.1, 0.15) is 18.4 Å². The molecule has 0 aliphatic rings. The summed E-state index contributed by atoms with van der Waals surface area (Å²) in [5.41, 5.74) is 6.37. The van der Waals surface area contributed by atoms with E-state index in [1.54, 1.807) is 13.2 Å². The van der Waals surface area contributed by atoms with Gasteiger partial charge in [0.05, 0.1) is 11.6 Å². The molecule has 1 aromatic carbocycles. The Bertz CT molecular complexity index is 328. The van der Waals surface area contributed by atoms with Crippen LogP contribution in [0, 0.1) is 0 Å². The number of nitrogens with two attached hydrogens (primary N) is 1. The highest BCUT2D eigenvalue weighted by atomic mass is 79.9. The molecule has 0 spiro atoms. The summed E-state index contributed by atoms with van der Waals surface area (Å²) in [5.74, 6) is 0.982. The Balaban J connectivity index is 3.14. The topological polar surface area (TPSA) is 55.5 Å². The number of ether oxygens (including phenoxy) is 1. The van der Waals surface area contributed by atoms with Crippen molar-refractivity contribution in [3.8, 4) is 11.5 Å². The number of phenols is 1. The molecule has 1 rings (SSSR count). The fourth-order valence-corrected chi connectivity index (χ4v) is 1.76. The van der Waals surface area contributed by atoms with E-state index in [0.29, 0.717) is 12.3 Å². The zero-order chi connectivity index (χ0) is 10.7. The summed E-state index contributed by atoms with van der Waals surface area (Å²) in [7, 11) is 1.56. The van der Waals surface area contributed by atoms with Crippen LogP contribution in [0.3, 0.4) is 0 Å². The molecule has 4 heteroatoms. The molecule has 0 aliphatic carbocycles. The Morgan fingerprint density at radius 1 is 1.57 bits per heavy atom. The van der Waals surface area contributed by atoms with Crippen molar-refractivity contribution in [3.05, 3.63) is 22.2 Å². The van der Waals surface area contributed by atoms with Crippen LogP contribution in [0.5, 0.6) is 11.5 Å². The molecule has 0 radical (unpaired) electrons. The van der Waals surface area contributed by atoms with Crippen molar-refractivity contribution in [1.82, 2.24) is 0 Å². The molecule has 1 atom stereocenters. The molecule has 14 heavy (non-hydrogen) atoms. The van der Waals surface area contributed by atoms with Crippen molar-refractivity contribution in [2.45, 2.75) is 12.8 Å². The Hall–Kier alpha value is -0.740. The molecular formula is C10H14BrNO2. The Kier molecular flexibility index (Phi) is 3.77. The number of rotatable bonds is 3. The van der Waals surface area contributed by atoms with Crippen LogP contribution in [0.15, 0.2) is 16.6 Å². The summed E-state index contributed by atoms with van der Waals surface area (Å²) in [5, 5.41) is 9.69. The van der Waals surface area contributed by atoms with Crippen LogP contribution >= 0.6 is 15.9 Å². The number of halogens is 1. The number of benzene rings is 1. The Labute approximate surface area is 92.0 Å². The Morgan fingerprint density at radius 2 is 2.21 bits per heavy atom. The van der Waals surface area contributed by atoms with Gasteiger partial charge in [-0.1, -0.05) is 6.92 Å². The fourth-order valence-electron chi connectivity index (χ4n) is 1.24. The van der Waals surface area contributed by atoms with Gasteiger partial charge in [-0.05, 0) is 40.0 Å². The second-order valence-corrected chi connectivity index (χ2v) is 4.04. The summed E-state index contributed by atoms with van der Waals surface area (Å²) in [6.07, 6.45) is 0. The normalized spacial score (nSPS) is 12.6. The predicted octanol–water partition coefficient (Wildman–Crippen LogP) is 2.23. The predicted molar refractivity (Wildman–Crippen MR) is 59.8 cm³/mol. The molecule has 0 saturated heterocycles. The third-order valence-corrected chi connectivity index (χ3v) is 2.81. The smallest absolute Gasteiger partial charge is 0.136 e. The molecule has 0 bridgehead atoms. The molecular weight excluding hydrogens is 246 g/mol. The lowest BCUT2D eigenvalue weighted by molar-refractivity contribution is 0.403. The van der Waals surface area contributed by atoms with Crippen molar-refractivity contribution in [1.29, 1.82) is 0 Å². The third kappa shape index (κ3) is 2.19. The zero-order valence-corrected chi connectivity index (χ0v) is 9.84. The highest BCUT2D eigenvalue weighted by Crippen LogP contribution is 2.35. The lowest BCUT2D eigenvalue weighted by Gasteiger charge is -2.13. The van der Waals surface area contributed by atoms with Crippen molar-refractivity contribution in [2.75, 3.05) is 13.7 Å². The lowest BCUT2D eigenvalue weighted by Crippen LogP contribution is -2.09. The van der Waals surface area contributed by atoms with Crippen LogP contribution in [0.2, 0.25) is 0 Å². The molecule has 0 saturated carbocycles. The first-order chi connectivity index (χ1) is 6.60. The van der Waals surface area contributed by atoms with E-state index in [1.807, 2.05) is 13.0 Å². The summed E-state index contributed by atoms with van der Waals surface area (Å²) >= 11 is 3.36. The van der Waals surface area contributed by atoms with Crippen molar-refractivity contribution >= 4 is 15.9 Å². The van der Waals surface area contributed by atoms with E-state index in [9.17, 15) is 5.11 Å². The highest BCUT2D eigenvalue weighted by Gasteiger charge is 2.12. The van der Waals surface area contributed by atoms with Crippen LogP contribution in [-0.4, -0.2) is 18.8 Å². The molecule has 0 amide bonds. The van der Waals surface area contributed by atoms with Crippen LogP contribution in [0.25, 0.3) is 0 Å². The number of hydrogen-bond acceptors (Lipinski definition) is 3. The maximum atomic E-state index is 9.69. The maximum Gasteiger partial charge on any atom is 0.136 e. The first-order valence-electron chi connectivity index (χ1n) is 4.36. The quantitative estimate of drug-likeness (QED) is 0.876. The van der Waals surface area contributed by atoms with Gasteiger partial charge in [-0.2, -0.15) is 0 Å². The van der Waals surface area contributed by atoms with E-state index in [2.05, 4.69) is 15.9 Å². The maximum absolute atomic E-state index is 9.69. The average Bonchev–Trinajstić information content (AvgIpc) is 2.19. The molecule has 0 aliphatic heterocycles. The average molecular weight is 260 g/mol. The molecule has 1 unspecified atom stereocenters. The largest absolute Gasteiger partial charge is 0.508 e. The van der Waals surface area contributed by atoms with Crippen molar-refractivity contribution in [2.24, 2.45) is 5.73 Å². The zero-order valence-electron chi connectivity index (χ0n) is 8.25. The van der Waals surface area contributed by atoms with E-state index in [-0.39, 0.29) is 11.7 Å². The van der Waals surface area contributed by atoms with Gasteiger partial charge >= 0.3 is 0 Å². The van der Waals surface area contributed by atoms with E-state index in [0.717, 1.165) is 10.0 Å². The minimum absolute atomic E-state index is 0.136. The summed E-state index contributed by atoms with van der Waals surface area (Å²) < 4.78 is 5.88. The number of hydrogen-bond donors (Lipinski definition) is 2. The molecule has 78 valence electrons. The molecule has 0 heterocycles. The van der Waals surface area contributed by atoms with Gasteiger partial charge in [-0.3, -0.25) is 0 Å². The summed E-state index contributed by atoms with van der Waals surface area (Å²) in [6.45, 7) is 2.47. The first kappa shape index (κ1) is 11.3. The Morgan fingerprint density at radius 3 is 2.71 bits per heavy atom. The van der Waals surface area contributed by atoms with Crippen LogP contribution in [-0.2, 0) is 0 Å². The van der Waals surface area contributed by atoms with E-state index >= 15 is 0 Å². The van der Waals surface area contributed by atoms with Gasteiger partial charge in [0.2, 0.25) is 0 Å². The van der Waals surface area contributed by atoms with Gasteiger partial charge in [-0.15, -0.1) is 0 Å². The minimum Gasteiger partial charge on any atom is -0.508 e. The van der Waals surface area contributed by atoms with E-state index < -0.39 is 0 Å². The van der Waals surface area contributed by atoms with E-state index in [1.165, 1.54) is 0 Å². The molecule has 0 fully saturated rings. The first-order valence-corrected chi connectivity index (χ1v) is 5.16. The monoisotopic (exact) mass is 259 g/mol. The highest BCUT2D eigenvalue weighted by molar-refractivity contribution is 9.10. The lowest BCUT2D eigenvalue weighted by atomic mass is 10.0. The summed E-state index contributed by atoms with van der Waals surface area (Å²) in [6, 6.07) is 3.43. The SMILES string of the molecule is COc1cc(O)c(C(C)CN)cc1Br. The van der Waals surface area contributed by atoms with Crippen LogP contribution in [0.4, 0.5) is 0 Å². The van der Waals surface area contributed by atoms with Crippen molar-refractivity contribution < 1.29 is 9.84 Å². The van der Waals surface area contributed by atoms with Gasteiger partial charge in [-0.25, -0.2) is 0 Å². The second-order valence-electron chi connectivity index (χ2n) is 3.18. The van der Waals surface area contributed by atoms with Gasteiger partial charge in [0, 0.05) is 6.07 Å². The third-order valence-electron chi connectivity index (χ3n) is 2.19. The van der Waals surface area contributed by atoms with Crippen molar-refractivity contribution in [3.63, 3.8) is 0 Å². The number of methoxy groups -OCH3 is 1. The molecule has 1 aromatic rings. The van der Waals surface area contributed by atoms with Gasteiger partial charge in [0.1, 0.15) is 11.5 Å². The molecule has 3 nitrogen and oxygen atoms in total. The number of phenolic OH excluding ortho intramolecular Hbond substituents is 1. The summed E-state index contributed by atoms with van der Waals surface area (Å²) in [4.78, 5) is 0. The second kappa shape index (κ2) is 4.66. The van der Waals surface area contributed by atoms with Gasteiger partial charge in [0.15, 0.2) is 0 Å². The minimum atomic E-state index is 0.136.